The van der Waals surface area contributed by atoms with Crippen molar-refractivity contribution < 1.29 is 32.3 Å². The van der Waals surface area contributed by atoms with Gasteiger partial charge in [-0.05, 0) is 54.2 Å². The first-order valence-electron chi connectivity index (χ1n) is 20.7. The normalized spacial score (nSPS) is 12.2. The maximum absolute atomic E-state index is 17.3. The highest BCUT2D eigenvalue weighted by atomic mass is 31.2. The molecule has 0 spiro atoms. The molecule has 0 aliphatic rings. The Kier molecular flexibility index (Phi) is 16.0. The van der Waals surface area contributed by atoms with E-state index in [-0.39, 0.29) is 39.6 Å². The van der Waals surface area contributed by atoms with Crippen LogP contribution < -0.4 is 0 Å². The highest BCUT2D eigenvalue weighted by molar-refractivity contribution is 7.48. The molecule has 8 heteroatoms. The lowest BCUT2D eigenvalue weighted by Crippen LogP contribution is -2.43. The molecule has 7 nitrogen and oxygen atoms in total. The Morgan fingerprint density at radius 1 is 0.371 bits per heavy atom. The van der Waals surface area contributed by atoms with Crippen molar-refractivity contribution in [1.29, 1.82) is 0 Å². The van der Waals surface area contributed by atoms with Crippen LogP contribution in [0.25, 0.3) is 0 Å². The van der Waals surface area contributed by atoms with Gasteiger partial charge in [-0.15, -0.1) is 0 Å². The van der Waals surface area contributed by atoms with Crippen LogP contribution in [0.2, 0.25) is 0 Å². The summed E-state index contributed by atoms with van der Waals surface area (Å²) in [6, 6.07) is 57.6. The van der Waals surface area contributed by atoms with Crippen LogP contribution in [0.5, 0.6) is 0 Å². The molecule has 0 aliphatic carbocycles. The summed E-state index contributed by atoms with van der Waals surface area (Å²) in [7, 11) is -5.08. The number of ether oxygens (including phenoxy) is 3. The Labute approximate surface area is 367 Å². The Balaban J connectivity index is 1.70. The lowest BCUT2D eigenvalue weighted by molar-refractivity contribution is -0.0938. The van der Waals surface area contributed by atoms with E-state index in [2.05, 4.69) is 19.7 Å². The fourth-order valence-corrected chi connectivity index (χ4v) is 9.42. The maximum atomic E-state index is 17.3. The molecule has 0 bridgehead atoms. The molecule has 0 fully saturated rings. The fourth-order valence-electron chi connectivity index (χ4n) is 7.38. The Morgan fingerprint density at radius 2 is 0.548 bits per heavy atom. The van der Waals surface area contributed by atoms with Gasteiger partial charge in [0.15, 0.2) is 16.8 Å². The van der Waals surface area contributed by atoms with E-state index in [1.165, 1.54) is 0 Å². The van der Waals surface area contributed by atoms with E-state index >= 15 is 4.57 Å². The van der Waals surface area contributed by atoms with Crippen molar-refractivity contribution in [1.82, 2.24) is 0 Å². The summed E-state index contributed by atoms with van der Waals surface area (Å²) >= 11 is 0. The zero-order chi connectivity index (χ0) is 43.9. The topological polar surface area (TPSA) is 72.5 Å². The second kappa shape index (κ2) is 21.6. The minimum atomic E-state index is -5.08. The number of hydrogen-bond donors (Lipinski definition) is 0. The van der Waals surface area contributed by atoms with Gasteiger partial charge in [-0.1, -0.05) is 218 Å². The third-order valence-corrected chi connectivity index (χ3v) is 11.8. The van der Waals surface area contributed by atoms with Crippen molar-refractivity contribution in [2.45, 2.75) is 37.6 Å². The van der Waals surface area contributed by atoms with Crippen LogP contribution in [0.4, 0.5) is 0 Å². The Morgan fingerprint density at radius 3 is 0.710 bits per heavy atom. The molecular weight excluding hydrogens is 792 g/mol. The second-order valence-corrected chi connectivity index (χ2v) is 17.2. The fraction of sp³-hybridized carbons (Fsp3) is 0.222. The minimum absolute atomic E-state index is 0.0870. The van der Waals surface area contributed by atoms with Gasteiger partial charge in [0.05, 0.1) is 39.6 Å². The first-order valence-corrected chi connectivity index (χ1v) is 22.2. The second-order valence-electron chi connectivity index (χ2n) is 15.7. The number of phosphoric acid groups is 1. The molecule has 0 aliphatic heterocycles. The molecule has 6 aromatic rings. The van der Waals surface area contributed by atoms with E-state index in [9.17, 15) is 0 Å². The van der Waals surface area contributed by atoms with Gasteiger partial charge in [-0.25, -0.2) is 4.57 Å². The first kappa shape index (κ1) is 46.0. The van der Waals surface area contributed by atoms with Crippen molar-refractivity contribution in [3.8, 4) is 0 Å². The van der Waals surface area contributed by atoms with Crippen molar-refractivity contribution in [2.75, 3.05) is 39.6 Å². The Hall–Kier alpha value is -5.47. The summed E-state index contributed by atoms with van der Waals surface area (Å²) in [6.45, 7) is 18.4. The Bertz CT molecular complexity index is 1980. The molecular formula is C54H57O7P. The highest BCUT2D eigenvalue weighted by Gasteiger charge is 2.55. The van der Waals surface area contributed by atoms with Gasteiger partial charge < -0.3 is 14.2 Å². The molecule has 0 unspecified atom stereocenters. The average molecular weight is 849 g/mol. The molecule has 0 N–H and O–H groups in total. The van der Waals surface area contributed by atoms with Crippen LogP contribution in [-0.4, -0.2) is 39.6 Å². The van der Waals surface area contributed by atoms with E-state index in [1.807, 2.05) is 203 Å². The van der Waals surface area contributed by atoms with E-state index in [0.29, 0.717) is 33.4 Å². The molecule has 0 aromatic heterocycles. The average Bonchev–Trinajstić information content (AvgIpc) is 3.29. The molecule has 62 heavy (non-hydrogen) atoms. The van der Waals surface area contributed by atoms with Gasteiger partial charge in [0.2, 0.25) is 0 Å². The molecule has 6 rings (SSSR count). The predicted octanol–water partition coefficient (Wildman–Crippen LogP) is 12.8. The third kappa shape index (κ3) is 11.3. The zero-order valence-corrected chi connectivity index (χ0v) is 36.9. The van der Waals surface area contributed by atoms with Gasteiger partial charge in [0.1, 0.15) is 0 Å². The smallest absolute Gasteiger partial charge is 0.373 e. The van der Waals surface area contributed by atoms with Crippen molar-refractivity contribution in [2.24, 2.45) is 0 Å². The van der Waals surface area contributed by atoms with Crippen molar-refractivity contribution >= 4 is 7.82 Å². The van der Waals surface area contributed by atoms with Gasteiger partial charge in [-0.3, -0.25) is 13.6 Å². The van der Waals surface area contributed by atoms with Crippen LogP contribution in [-0.2, 0) is 49.2 Å². The van der Waals surface area contributed by atoms with E-state index in [0.717, 1.165) is 16.7 Å². The van der Waals surface area contributed by atoms with Crippen LogP contribution in [0.15, 0.2) is 218 Å². The van der Waals surface area contributed by atoms with Gasteiger partial charge in [-0.2, -0.15) is 0 Å². The van der Waals surface area contributed by atoms with Crippen LogP contribution >= 0.6 is 7.82 Å². The highest BCUT2D eigenvalue weighted by Crippen LogP contribution is 2.65. The van der Waals surface area contributed by atoms with E-state index in [4.69, 9.17) is 27.8 Å². The van der Waals surface area contributed by atoms with E-state index in [1.54, 1.807) is 0 Å². The summed E-state index contributed by atoms with van der Waals surface area (Å²) in [6.07, 6.45) is 0. The molecule has 0 heterocycles. The van der Waals surface area contributed by atoms with E-state index < -0.39 is 24.6 Å². The molecule has 6 aromatic carbocycles. The molecule has 320 valence electrons. The summed E-state index contributed by atoms with van der Waals surface area (Å²) < 4.78 is 59.0. The molecule has 0 radical (unpaired) electrons. The zero-order valence-electron chi connectivity index (χ0n) is 36.0. The van der Waals surface area contributed by atoms with Gasteiger partial charge in [0, 0.05) is 0 Å². The molecule has 0 saturated heterocycles. The van der Waals surface area contributed by atoms with Crippen molar-refractivity contribution in [3.63, 3.8) is 0 Å². The third-order valence-electron chi connectivity index (χ3n) is 10.2. The summed E-state index contributed by atoms with van der Waals surface area (Å²) in [5.41, 5.74) is 1.63. The van der Waals surface area contributed by atoms with Crippen LogP contribution in [0.3, 0.4) is 0 Å². The number of hydrogen-bond acceptors (Lipinski definition) is 7. The number of benzene rings is 6. The molecule has 0 atom stereocenters. The largest absolute Gasteiger partial charge is 0.478 e. The maximum Gasteiger partial charge on any atom is 0.478 e. The van der Waals surface area contributed by atoms with Crippen LogP contribution in [0.1, 0.15) is 54.2 Å². The summed E-state index contributed by atoms with van der Waals surface area (Å²) in [4.78, 5) is 0. The van der Waals surface area contributed by atoms with Gasteiger partial charge in [0.25, 0.3) is 0 Å². The van der Waals surface area contributed by atoms with Gasteiger partial charge >= 0.3 is 7.82 Å². The molecule has 0 amide bonds. The quantitative estimate of drug-likeness (QED) is 0.0444. The summed E-state index contributed by atoms with van der Waals surface area (Å²) in [5, 5.41) is 0. The summed E-state index contributed by atoms with van der Waals surface area (Å²) in [5.74, 6) is 0. The monoisotopic (exact) mass is 848 g/mol. The molecule has 0 saturated carbocycles. The van der Waals surface area contributed by atoms with Crippen molar-refractivity contribution in [3.05, 3.63) is 252 Å². The predicted molar refractivity (Wildman–Crippen MR) is 249 cm³/mol. The number of rotatable bonds is 24. The first-order chi connectivity index (χ1) is 30.0. The lowest BCUT2D eigenvalue weighted by Gasteiger charge is -2.44. The number of phosphoric ester groups is 1. The standard InChI is InChI=1S/C54H57O7P/c1-43(2)37-56-40-52(46-25-13-7-14-26-46,47-27-15-8-16-28-47)59-62(55,60-53(41-57-38-44(3)4,48-29-17-9-18-30-48)49-31-19-10-20-32-49)61-54(42-58-39-45(5)6,50-33-21-11-22-34-50)51-35-23-12-24-36-51/h7-36H,1,3,5,37-42H2,2,4,6H3. The lowest BCUT2D eigenvalue weighted by atomic mass is 9.87. The minimum Gasteiger partial charge on any atom is -0.373 e. The van der Waals surface area contributed by atoms with Crippen LogP contribution in [0, 0.1) is 0 Å². The SMILES string of the molecule is C=C(C)COCC(OP(=O)(OC(COCC(=C)C)(c1ccccc1)c1ccccc1)OC(COCC(=C)C)(c1ccccc1)c1ccccc1)(c1ccccc1)c1ccccc1.